The van der Waals surface area contributed by atoms with E-state index < -0.39 is 5.91 Å². The number of methoxy groups -OCH3 is 1. The van der Waals surface area contributed by atoms with Crippen LogP contribution in [0.25, 0.3) is 11.8 Å². The maximum Gasteiger partial charge on any atom is 0.262 e. The lowest BCUT2D eigenvalue weighted by Crippen LogP contribution is -2.34. The second-order valence-corrected chi connectivity index (χ2v) is 6.27. The zero-order valence-electron chi connectivity index (χ0n) is 16.5. The molecule has 0 radical (unpaired) electrons. The molecule has 2 aromatic rings. The molecule has 1 aromatic carbocycles. The van der Waals surface area contributed by atoms with E-state index in [1.165, 1.54) is 6.92 Å². The SMILES string of the molecule is COc1ccc(-n2c(C)cc(/C=C(/C#N)C(=O)NCCNC(C)=O)c2C)cc1. The Hall–Kier alpha value is -3.53. The molecule has 0 unspecified atom stereocenters. The van der Waals surface area contributed by atoms with Crippen molar-refractivity contribution < 1.29 is 14.3 Å². The van der Waals surface area contributed by atoms with E-state index in [-0.39, 0.29) is 18.0 Å². The van der Waals surface area contributed by atoms with Gasteiger partial charge in [0, 0.05) is 37.1 Å². The second kappa shape index (κ2) is 9.42. The molecule has 146 valence electrons. The molecule has 1 heterocycles. The van der Waals surface area contributed by atoms with E-state index >= 15 is 0 Å². The summed E-state index contributed by atoms with van der Waals surface area (Å²) in [6.45, 7) is 5.87. The Morgan fingerprint density at radius 1 is 1.18 bits per heavy atom. The fourth-order valence-corrected chi connectivity index (χ4v) is 2.88. The molecule has 7 nitrogen and oxygen atoms in total. The summed E-state index contributed by atoms with van der Waals surface area (Å²) in [6, 6.07) is 11.5. The van der Waals surface area contributed by atoms with Crippen LogP contribution in [-0.2, 0) is 9.59 Å². The van der Waals surface area contributed by atoms with Gasteiger partial charge in [-0.3, -0.25) is 9.59 Å². The standard InChI is InChI=1S/C21H24N4O3/c1-14-11-17(12-18(13-22)21(27)24-10-9-23-16(3)26)15(2)25(14)19-5-7-20(28-4)8-6-19/h5-8,11-12H,9-10H2,1-4H3,(H,23,26)(H,24,27)/b18-12-. The number of nitrogens with one attached hydrogen (secondary N) is 2. The Kier molecular flexibility index (Phi) is 6.99. The largest absolute Gasteiger partial charge is 0.497 e. The molecule has 7 heteroatoms. The van der Waals surface area contributed by atoms with Crippen molar-refractivity contribution in [1.29, 1.82) is 5.26 Å². The summed E-state index contributed by atoms with van der Waals surface area (Å²) >= 11 is 0. The number of amides is 2. The summed E-state index contributed by atoms with van der Waals surface area (Å²) in [5.74, 6) is 0.132. The average molecular weight is 380 g/mol. The first-order valence-corrected chi connectivity index (χ1v) is 8.85. The van der Waals surface area contributed by atoms with Gasteiger partial charge < -0.3 is 19.9 Å². The molecule has 0 fully saturated rings. The zero-order chi connectivity index (χ0) is 20.7. The van der Waals surface area contributed by atoms with E-state index in [0.717, 1.165) is 28.4 Å². The van der Waals surface area contributed by atoms with Gasteiger partial charge in [0.1, 0.15) is 17.4 Å². The average Bonchev–Trinajstić information content (AvgIpc) is 2.96. The van der Waals surface area contributed by atoms with Crippen molar-refractivity contribution in [2.45, 2.75) is 20.8 Å². The number of rotatable bonds is 7. The van der Waals surface area contributed by atoms with Crippen LogP contribution in [0, 0.1) is 25.2 Å². The first-order chi connectivity index (χ1) is 13.4. The molecule has 1 aromatic heterocycles. The summed E-state index contributed by atoms with van der Waals surface area (Å²) in [5.41, 5.74) is 3.67. The van der Waals surface area contributed by atoms with E-state index in [1.807, 2.05) is 50.2 Å². The van der Waals surface area contributed by atoms with Gasteiger partial charge in [0.15, 0.2) is 0 Å². The predicted molar refractivity (Wildman–Crippen MR) is 107 cm³/mol. The minimum Gasteiger partial charge on any atom is -0.497 e. The van der Waals surface area contributed by atoms with Gasteiger partial charge in [0.25, 0.3) is 5.91 Å². The van der Waals surface area contributed by atoms with Crippen LogP contribution in [0.4, 0.5) is 0 Å². The Morgan fingerprint density at radius 3 is 2.39 bits per heavy atom. The van der Waals surface area contributed by atoms with Crippen molar-refractivity contribution in [3.05, 3.63) is 52.9 Å². The molecule has 0 spiro atoms. The zero-order valence-corrected chi connectivity index (χ0v) is 16.5. The van der Waals surface area contributed by atoms with Crippen molar-refractivity contribution in [2.24, 2.45) is 0 Å². The number of carbonyl (C=O) groups is 2. The third-order valence-corrected chi connectivity index (χ3v) is 4.25. The lowest BCUT2D eigenvalue weighted by atomic mass is 10.1. The van der Waals surface area contributed by atoms with E-state index in [2.05, 4.69) is 15.2 Å². The van der Waals surface area contributed by atoms with E-state index in [9.17, 15) is 14.9 Å². The van der Waals surface area contributed by atoms with Gasteiger partial charge in [-0.15, -0.1) is 0 Å². The molecule has 28 heavy (non-hydrogen) atoms. The van der Waals surface area contributed by atoms with Gasteiger partial charge in [-0.1, -0.05) is 0 Å². The quantitative estimate of drug-likeness (QED) is 0.437. The maximum absolute atomic E-state index is 12.2. The minimum atomic E-state index is -0.470. The number of hydrogen-bond donors (Lipinski definition) is 2. The molecule has 0 atom stereocenters. The van der Waals surface area contributed by atoms with Crippen molar-refractivity contribution in [2.75, 3.05) is 20.2 Å². The molecule has 0 aliphatic heterocycles. The molecule has 0 saturated carbocycles. The van der Waals surface area contributed by atoms with Gasteiger partial charge in [0.05, 0.1) is 7.11 Å². The molecule has 0 aliphatic rings. The van der Waals surface area contributed by atoms with Crippen molar-refractivity contribution >= 4 is 17.9 Å². The summed E-state index contributed by atoms with van der Waals surface area (Å²) < 4.78 is 7.25. The number of hydrogen-bond acceptors (Lipinski definition) is 4. The minimum absolute atomic E-state index is 0.0119. The number of nitrogens with zero attached hydrogens (tertiary/aromatic N) is 2. The molecule has 2 N–H and O–H groups in total. The molecular formula is C21H24N4O3. The van der Waals surface area contributed by atoms with Crippen LogP contribution in [0.15, 0.2) is 35.9 Å². The van der Waals surface area contributed by atoms with Crippen LogP contribution in [0.3, 0.4) is 0 Å². The van der Waals surface area contributed by atoms with Crippen LogP contribution < -0.4 is 15.4 Å². The number of carbonyl (C=O) groups excluding carboxylic acids is 2. The van der Waals surface area contributed by atoms with Crippen LogP contribution >= 0.6 is 0 Å². The van der Waals surface area contributed by atoms with Crippen LogP contribution in [0.1, 0.15) is 23.9 Å². The second-order valence-electron chi connectivity index (χ2n) is 6.27. The fraction of sp³-hybridized carbons (Fsp3) is 0.286. The molecular weight excluding hydrogens is 356 g/mol. The number of nitriles is 1. The Morgan fingerprint density at radius 2 is 1.82 bits per heavy atom. The van der Waals surface area contributed by atoms with E-state index in [4.69, 9.17) is 4.74 Å². The van der Waals surface area contributed by atoms with Crippen LogP contribution in [0.5, 0.6) is 5.75 Å². The third-order valence-electron chi connectivity index (χ3n) is 4.25. The van der Waals surface area contributed by atoms with Crippen molar-refractivity contribution in [3.8, 4) is 17.5 Å². The smallest absolute Gasteiger partial charge is 0.262 e. The van der Waals surface area contributed by atoms with Gasteiger partial charge in [-0.25, -0.2) is 0 Å². The van der Waals surface area contributed by atoms with Gasteiger partial charge >= 0.3 is 0 Å². The summed E-state index contributed by atoms with van der Waals surface area (Å²) in [5, 5.41) is 14.6. The van der Waals surface area contributed by atoms with Crippen molar-refractivity contribution in [3.63, 3.8) is 0 Å². The summed E-state index contributed by atoms with van der Waals surface area (Å²) in [4.78, 5) is 23.1. The van der Waals surface area contributed by atoms with Crippen molar-refractivity contribution in [1.82, 2.24) is 15.2 Å². The number of aryl methyl sites for hydroxylation is 1. The molecule has 2 amide bonds. The van der Waals surface area contributed by atoms with E-state index in [0.29, 0.717) is 6.54 Å². The Balaban J connectivity index is 2.23. The highest BCUT2D eigenvalue weighted by atomic mass is 16.5. The Labute approximate surface area is 164 Å². The lowest BCUT2D eigenvalue weighted by molar-refractivity contribution is -0.120. The Bertz CT molecular complexity index is 934. The number of ether oxygens (including phenoxy) is 1. The highest BCUT2D eigenvalue weighted by molar-refractivity contribution is 6.01. The molecule has 0 saturated heterocycles. The third kappa shape index (κ3) is 5.01. The topological polar surface area (TPSA) is 96.2 Å². The normalized spacial score (nSPS) is 10.9. The highest BCUT2D eigenvalue weighted by Crippen LogP contribution is 2.24. The summed E-state index contributed by atoms with van der Waals surface area (Å²) in [6.07, 6.45) is 1.58. The van der Waals surface area contributed by atoms with E-state index in [1.54, 1.807) is 13.2 Å². The first kappa shape index (κ1) is 20.8. The number of aromatic nitrogens is 1. The summed E-state index contributed by atoms with van der Waals surface area (Å²) in [7, 11) is 1.62. The van der Waals surface area contributed by atoms with Crippen LogP contribution in [-0.4, -0.2) is 36.6 Å². The van der Waals surface area contributed by atoms with Gasteiger partial charge in [-0.05, 0) is 55.8 Å². The highest BCUT2D eigenvalue weighted by Gasteiger charge is 2.13. The predicted octanol–water partition coefficient (Wildman–Crippen LogP) is 2.26. The molecule has 2 rings (SSSR count). The monoisotopic (exact) mass is 380 g/mol. The van der Waals surface area contributed by atoms with Gasteiger partial charge in [-0.2, -0.15) is 5.26 Å². The van der Waals surface area contributed by atoms with Crippen LogP contribution in [0.2, 0.25) is 0 Å². The maximum atomic E-state index is 12.2. The molecule has 0 bridgehead atoms. The lowest BCUT2D eigenvalue weighted by Gasteiger charge is -2.10. The fourth-order valence-electron chi connectivity index (χ4n) is 2.88. The number of benzene rings is 1. The van der Waals surface area contributed by atoms with Gasteiger partial charge in [0.2, 0.25) is 5.91 Å². The molecule has 0 aliphatic carbocycles. The first-order valence-electron chi connectivity index (χ1n) is 8.85.